The fourth-order valence-corrected chi connectivity index (χ4v) is 1.71. The van der Waals surface area contributed by atoms with Crippen LogP contribution >= 0.6 is 0 Å². The van der Waals surface area contributed by atoms with E-state index in [0.29, 0.717) is 16.9 Å². The Labute approximate surface area is 111 Å². The average Bonchev–Trinajstić information content (AvgIpc) is 2.87. The molecule has 0 bridgehead atoms. The van der Waals surface area contributed by atoms with Crippen molar-refractivity contribution < 1.29 is 4.79 Å². The van der Waals surface area contributed by atoms with E-state index in [1.807, 2.05) is 19.9 Å². The van der Waals surface area contributed by atoms with Crippen molar-refractivity contribution >= 4 is 11.7 Å². The van der Waals surface area contributed by atoms with Crippen molar-refractivity contribution in [3.05, 3.63) is 47.7 Å². The molecule has 5 nitrogen and oxygen atoms in total. The molecule has 1 N–H and O–H groups in total. The molecule has 96 valence electrons. The first-order valence-electron chi connectivity index (χ1n) is 5.97. The number of nitrogens with one attached hydrogen (secondary N) is 1. The summed E-state index contributed by atoms with van der Waals surface area (Å²) in [5.74, 6) is 0.441. The SMILES string of the molecule is CC(C)n1nccc1NC(=O)c1ccc(C#N)cc1. The van der Waals surface area contributed by atoms with Crippen molar-refractivity contribution in [1.29, 1.82) is 5.26 Å². The molecule has 0 aliphatic carbocycles. The van der Waals surface area contributed by atoms with Crippen molar-refractivity contribution in [2.45, 2.75) is 19.9 Å². The van der Waals surface area contributed by atoms with E-state index in [9.17, 15) is 4.79 Å². The van der Waals surface area contributed by atoms with Crippen LogP contribution in [0.2, 0.25) is 0 Å². The summed E-state index contributed by atoms with van der Waals surface area (Å²) in [5.41, 5.74) is 1.04. The molecule has 0 radical (unpaired) electrons. The molecule has 0 saturated heterocycles. The van der Waals surface area contributed by atoms with Gasteiger partial charge >= 0.3 is 0 Å². The summed E-state index contributed by atoms with van der Waals surface area (Å²) < 4.78 is 1.74. The van der Waals surface area contributed by atoms with Gasteiger partial charge in [-0.2, -0.15) is 10.4 Å². The lowest BCUT2D eigenvalue weighted by atomic mass is 10.1. The Morgan fingerprint density at radius 2 is 2.00 bits per heavy atom. The Kier molecular flexibility index (Phi) is 3.62. The smallest absolute Gasteiger partial charge is 0.256 e. The van der Waals surface area contributed by atoms with Gasteiger partial charge in [-0.25, -0.2) is 4.68 Å². The fraction of sp³-hybridized carbons (Fsp3) is 0.214. The van der Waals surface area contributed by atoms with Gasteiger partial charge in [-0.1, -0.05) is 0 Å². The van der Waals surface area contributed by atoms with E-state index in [4.69, 9.17) is 5.26 Å². The quantitative estimate of drug-likeness (QED) is 0.915. The van der Waals surface area contributed by atoms with Crippen LogP contribution < -0.4 is 5.32 Å². The number of hydrogen-bond acceptors (Lipinski definition) is 3. The standard InChI is InChI=1S/C14H14N4O/c1-10(2)18-13(7-8-16-18)17-14(19)12-5-3-11(9-15)4-6-12/h3-8,10H,1-2H3,(H,17,19). The van der Waals surface area contributed by atoms with Gasteiger partial charge in [0.2, 0.25) is 0 Å². The van der Waals surface area contributed by atoms with Gasteiger partial charge in [-0.15, -0.1) is 0 Å². The maximum Gasteiger partial charge on any atom is 0.256 e. The summed E-state index contributed by atoms with van der Waals surface area (Å²) in [6, 6.07) is 10.4. The molecule has 0 atom stereocenters. The minimum absolute atomic E-state index is 0.172. The lowest BCUT2D eigenvalue weighted by Crippen LogP contribution is -2.16. The lowest BCUT2D eigenvalue weighted by Gasteiger charge is -2.11. The predicted molar refractivity (Wildman–Crippen MR) is 71.7 cm³/mol. The van der Waals surface area contributed by atoms with Crippen LogP contribution in [0.15, 0.2) is 36.5 Å². The normalized spacial score (nSPS) is 10.2. The second-order valence-electron chi connectivity index (χ2n) is 4.40. The molecular formula is C14H14N4O. The number of carbonyl (C=O) groups excluding carboxylic acids is 1. The van der Waals surface area contributed by atoms with E-state index in [2.05, 4.69) is 10.4 Å². The zero-order valence-corrected chi connectivity index (χ0v) is 10.8. The molecule has 19 heavy (non-hydrogen) atoms. The van der Waals surface area contributed by atoms with Gasteiger partial charge in [-0.3, -0.25) is 4.79 Å². The number of anilines is 1. The number of hydrogen-bond donors (Lipinski definition) is 1. The maximum atomic E-state index is 12.1. The van der Waals surface area contributed by atoms with Gasteiger partial charge in [0.15, 0.2) is 0 Å². The molecule has 0 unspecified atom stereocenters. The van der Waals surface area contributed by atoms with Crippen LogP contribution in [-0.4, -0.2) is 15.7 Å². The number of amides is 1. The van der Waals surface area contributed by atoms with Crippen molar-refractivity contribution in [1.82, 2.24) is 9.78 Å². The van der Waals surface area contributed by atoms with Crippen LogP contribution in [0.3, 0.4) is 0 Å². The van der Waals surface area contributed by atoms with Crippen LogP contribution in [0.1, 0.15) is 35.8 Å². The third-order valence-corrected chi connectivity index (χ3v) is 2.68. The maximum absolute atomic E-state index is 12.1. The molecule has 2 rings (SSSR count). The first kappa shape index (κ1) is 12.8. The van der Waals surface area contributed by atoms with E-state index in [0.717, 1.165) is 0 Å². The molecule has 1 aromatic carbocycles. The van der Waals surface area contributed by atoms with Gasteiger partial charge in [0, 0.05) is 17.7 Å². The molecule has 2 aromatic rings. The molecule has 0 spiro atoms. The number of benzene rings is 1. The van der Waals surface area contributed by atoms with Gasteiger partial charge in [0.05, 0.1) is 17.8 Å². The van der Waals surface area contributed by atoms with Gasteiger partial charge in [-0.05, 0) is 38.1 Å². The van der Waals surface area contributed by atoms with E-state index < -0.39 is 0 Å². The minimum atomic E-state index is -0.216. The summed E-state index contributed by atoms with van der Waals surface area (Å²) in [7, 11) is 0. The average molecular weight is 254 g/mol. The summed E-state index contributed by atoms with van der Waals surface area (Å²) in [5, 5.41) is 15.7. The van der Waals surface area contributed by atoms with E-state index in [1.165, 1.54) is 0 Å². The van der Waals surface area contributed by atoms with Crippen LogP contribution in [-0.2, 0) is 0 Å². The van der Waals surface area contributed by atoms with Crippen LogP contribution in [0, 0.1) is 11.3 Å². The first-order valence-corrected chi connectivity index (χ1v) is 5.97. The first-order chi connectivity index (χ1) is 9.11. The Bertz CT molecular complexity index is 620. The van der Waals surface area contributed by atoms with Gasteiger partial charge in [0.1, 0.15) is 5.82 Å². The molecule has 1 aromatic heterocycles. The molecule has 5 heteroatoms. The summed E-state index contributed by atoms with van der Waals surface area (Å²) >= 11 is 0. The fourth-order valence-electron chi connectivity index (χ4n) is 1.71. The monoisotopic (exact) mass is 254 g/mol. The topological polar surface area (TPSA) is 70.7 Å². The number of carbonyl (C=O) groups is 1. The number of nitrogens with zero attached hydrogens (tertiary/aromatic N) is 3. The van der Waals surface area contributed by atoms with Crippen LogP contribution in [0.4, 0.5) is 5.82 Å². The number of nitriles is 1. The highest BCUT2D eigenvalue weighted by Gasteiger charge is 2.11. The van der Waals surface area contributed by atoms with E-state index in [-0.39, 0.29) is 11.9 Å². The van der Waals surface area contributed by atoms with Gasteiger partial charge < -0.3 is 5.32 Å². The second-order valence-corrected chi connectivity index (χ2v) is 4.40. The largest absolute Gasteiger partial charge is 0.307 e. The lowest BCUT2D eigenvalue weighted by molar-refractivity contribution is 0.102. The van der Waals surface area contributed by atoms with Crippen molar-refractivity contribution in [2.75, 3.05) is 5.32 Å². The van der Waals surface area contributed by atoms with Crippen molar-refractivity contribution in [2.24, 2.45) is 0 Å². The third kappa shape index (κ3) is 2.80. The molecular weight excluding hydrogens is 240 g/mol. The Balaban J connectivity index is 2.16. The number of aromatic nitrogens is 2. The highest BCUT2D eigenvalue weighted by molar-refractivity contribution is 6.03. The number of rotatable bonds is 3. The Hall–Kier alpha value is -2.61. The van der Waals surface area contributed by atoms with E-state index in [1.54, 1.807) is 41.2 Å². The zero-order chi connectivity index (χ0) is 13.8. The minimum Gasteiger partial charge on any atom is -0.307 e. The third-order valence-electron chi connectivity index (χ3n) is 2.68. The highest BCUT2D eigenvalue weighted by Crippen LogP contribution is 2.14. The molecule has 0 aliphatic heterocycles. The Morgan fingerprint density at radius 1 is 1.32 bits per heavy atom. The predicted octanol–water partition coefficient (Wildman–Crippen LogP) is 2.59. The summed E-state index contributed by atoms with van der Waals surface area (Å²) in [6.45, 7) is 3.98. The van der Waals surface area contributed by atoms with E-state index >= 15 is 0 Å². The summed E-state index contributed by atoms with van der Waals surface area (Å²) in [4.78, 5) is 12.1. The van der Waals surface area contributed by atoms with Gasteiger partial charge in [0.25, 0.3) is 5.91 Å². The summed E-state index contributed by atoms with van der Waals surface area (Å²) in [6.07, 6.45) is 1.65. The van der Waals surface area contributed by atoms with Crippen LogP contribution in [0.25, 0.3) is 0 Å². The molecule has 0 fully saturated rings. The van der Waals surface area contributed by atoms with Crippen molar-refractivity contribution in [3.8, 4) is 6.07 Å². The zero-order valence-electron chi connectivity index (χ0n) is 10.8. The van der Waals surface area contributed by atoms with Crippen LogP contribution in [0.5, 0.6) is 0 Å². The molecule has 0 aliphatic rings. The molecule has 0 saturated carbocycles. The van der Waals surface area contributed by atoms with Crippen molar-refractivity contribution in [3.63, 3.8) is 0 Å². The molecule has 1 amide bonds. The second kappa shape index (κ2) is 5.36. The molecule has 1 heterocycles. The highest BCUT2D eigenvalue weighted by atomic mass is 16.1. The Morgan fingerprint density at radius 3 is 2.58 bits per heavy atom.